The van der Waals surface area contributed by atoms with Gasteiger partial charge < -0.3 is 0 Å². The summed E-state index contributed by atoms with van der Waals surface area (Å²) in [7, 11) is 0. The zero-order valence-corrected chi connectivity index (χ0v) is 8.98. The van der Waals surface area contributed by atoms with Gasteiger partial charge in [0.05, 0.1) is 6.21 Å². The first-order chi connectivity index (χ1) is 7.25. The van der Waals surface area contributed by atoms with Crippen molar-refractivity contribution >= 4 is 30.6 Å². The lowest BCUT2D eigenvalue weighted by Crippen LogP contribution is -2.24. The number of hydrogen-bond donors (Lipinski definition) is 1. The lowest BCUT2D eigenvalue weighted by atomic mass is 10.3. The maximum Gasteiger partial charge on any atom is 0.344 e. The third-order valence-corrected chi connectivity index (χ3v) is 1.83. The minimum absolute atomic E-state index is 0. The largest absolute Gasteiger partial charge is 0.344 e. The van der Waals surface area contributed by atoms with Crippen molar-refractivity contribution in [3.05, 3.63) is 30.1 Å². The number of carbonyl (C=O) groups is 2. The number of hydrogen-bond acceptors (Lipinski definition) is 4. The minimum Gasteiger partial charge on any atom is -0.275 e. The molecule has 84 valence electrons. The molecule has 0 spiro atoms. The SMILES string of the molecule is Cl.O=C1CN(N=Cc2ccncc2)C(=O)N1. The fourth-order valence-corrected chi connectivity index (χ4v) is 1.11. The average molecular weight is 241 g/mol. The van der Waals surface area contributed by atoms with E-state index >= 15 is 0 Å². The molecule has 6 nitrogen and oxygen atoms in total. The van der Waals surface area contributed by atoms with E-state index in [-0.39, 0.29) is 24.9 Å². The van der Waals surface area contributed by atoms with Crippen LogP contribution < -0.4 is 5.32 Å². The summed E-state index contributed by atoms with van der Waals surface area (Å²) in [5, 5.41) is 7.07. The molecule has 0 aromatic carbocycles. The second-order valence-corrected chi connectivity index (χ2v) is 2.94. The van der Waals surface area contributed by atoms with Gasteiger partial charge in [-0.1, -0.05) is 0 Å². The van der Waals surface area contributed by atoms with Gasteiger partial charge in [0, 0.05) is 12.4 Å². The quantitative estimate of drug-likeness (QED) is 0.600. The molecular weight excluding hydrogens is 232 g/mol. The molecule has 1 aromatic heterocycles. The number of aromatic nitrogens is 1. The highest BCUT2D eigenvalue weighted by atomic mass is 35.5. The summed E-state index contributed by atoms with van der Waals surface area (Å²) in [4.78, 5) is 25.7. The van der Waals surface area contributed by atoms with E-state index in [1.807, 2.05) is 0 Å². The second-order valence-electron chi connectivity index (χ2n) is 2.94. The van der Waals surface area contributed by atoms with Gasteiger partial charge >= 0.3 is 6.03 Å². The standard InChI is InChI=1S/C9H8N4O2.ClH/c14-8-6-13(9(15)12-8)11-5-7-1-3-10-4-2-7;/h1-5H,6H2,(H,12,14,15);1H. The van der Waals surface area contributed by atoms with Crippen LogP contribution in [-0.2, 0) is 4.79 Å². The number of nitrogens with zero attached hydrogens (tertiary/aromatic N) is 3. The van der Waals surface area contributed by atoms with Crippen LogP contribution in [0.4, 0.5) is 4.79 Å². The second kappa shape index (κ2) is 5.22. The Morgan fingerprint density at radius 1 is 1.38 bits per heavy atom. The van der Waals surface area contributed by atoms with E-state index in [0.29, 0.717) is 0 Å². The van der Waals surface area contributed by atoms with Crippen molar-refractivity contribution < 1.29 is 9.59 Å². The molecule has 1 aliphatic heterocycles. The maximum atomic E-state index is 11.1. The molecule has 1 aromatic rings. The first-order valence-corrected chi connectivity index (χ1v) is 4.31. The molecular formula is C9H9ClN4O2. The summed E-state index contributed by atoms with van der Waals surface area (Å²) in [6.45, 7) is -0.0274. The zero-order chi connectivity index (χ0) is 10.7. The molecule has 0 unspecified atom stereocenters. The van der Waals surface area contributed by atoms with E-state index in [2.05, 4.69) is 15.4 Å². The Kier molecular flexibility index (Phi) is 3.96. The van der Waals surface area contributed by atoms with Crippen LogP contribution >= 0.6 is 12.4 Å². The Labute approximate surface area is 97.8 Å². The number of hydrazone groups is 1. The molecule has 0 atom stereocenters. The van der Waals surface area contributed by atoms with Crippen LogP contribution in [0.5, 0.6) is 0 Å². The fourth-order valence-electron chi connectivity index (χ4n) is 1.11. The minimum atomic E-state index is -0.495. The van der Waals surface area contributed by atoms with E-state index in [1.165, 1.54) is 6.21 Å². The van der Waals surface area contributed by atoms with Crippen molar-refractivity contribution in [1.82, 2.24) is 15.3 Å². The summed E-state index contributed by atoms with van der Waals surface area (Å²) in [5.74, 6) is -0.341. The Morgan fingerprint density at radius 3 is 2.62 bits per heavy atom. The van der Waals surface area contributed by atoms with Crippen LogP contribution in [0.15, 0.2) is 29.6 Å². The molecule has 1 N–H and O–H groups in total. The molecule has 1 aliphatic rings. The summed E-state index contributed by atoms with van der Waals surface area (Å²) >= 11 is 0. The Bertz CT molecular complexity index is 421. The van der Waals surface area contributed by atoms with Crippen LogP contribution in [0.3, 0.4) is 0 Å². The number of amides is 3. The molecule has 2 heterocycles. The molecule has 0 bridgehead atoms. The van der Waals surface area contributed by atoms with E-state index in [0.717, 1.165) is 10.6 Å². The monoisotopic (exact) mass is 240 g/mol. The molecule has 3 amide bonds. The number of imide groups is 1. The highest BCUT2D eigenvalue weighted by Gasteiger charge is 2.25. The predicted molar refractivity (Wildman–Crippen MR) is 59.3 cm³/mol. The molecule has 2 rings (SSSR count). The van der Waals surface area contributed by atoms with Gasteiger partial charge in [0.2, 0.25) is 5.91 Å². The number of rotatable bonds is 2. The summed E-state index contributed by atoms with van der Waals surface area (Å²) < 4.78 is 0. The van der Waals surface area contributed by atoms with Crippen LogP contribution in [0.2, 0.25) is 0 Å². The number of urea groups is 1. The van der Waals surface area contributed by atoms with E-state index in [4.69, 9.17) is 0 Å². The lowest BCUT2D eigenvalue weighted by Gasteiger charge is -2.03. The normalized spacial score (nSPS) is 15.1. The van der Waals surface area contributed by atoms with Gasteiger partial charge in [-0.2, -0.15) is 5.10 Å². The van der Waals surface area contributed by atoms with Gasteiger partial charge in [0.15, 0.2) is 0 Å². The van der Waals surface area contributed by atoms with Crippen molar-refractivity contribution in [3.8, 4) is 0 Å². The molecule has 0 radical (unpaired) electrons. The molecule has 16 heavy (non-hydrogen) atoms. The third kappa shape index (κ3) is 2.77. The predicted octanol–water partition coefficient (Wildman–Crippen LogP) is 0.389. The van der Waals surface area contributed by atoms with E-state index < -0.39 is 6.03 Å². The Hall–Kier alpha value is -1.95. The van der Waals surface area contributed by atoms with E-state index in [9.17, 15) is 9.59 Å². The van der Waals surface area contributed by atoms with Crippen LogP contribution in [0, 0.1) is 0 Å². The number of pyridine rings is 1. The molecule has 1 saturated heterocycles. The van der Waals surface area contributed by atoms with Crippen LogP contribution in [0.25, 0.3) is 0 Å². The van der Waals surface area contributed by atoms with Crippen LogP contribution in [0.1, 0.15) is 5.56 Å². The number of nitrogens with one attached hydrogen (secondary N) is 1. The summed E-state index contributed by atoms with van der Waals surface area (Å²) in [6.07, 6.45) is 4.74. The number of carbonyl (C=O) groups excluding carboxylic acids is 2. The van der Waals surface area contributed by atoms with Crippen molar-refractivity contribution in [3.63, 3.8) is 0 Å². The Morgan fingerprint density at radius 2 is 2.06 bits per heavy atom. The highest BCUT2D eigenvalue weighted by Crippen LogP contribution is 1.99. The van der Waals surface area contributed by atoms with Gasteiger partial charge in [0.1, 0.15) is 6.54 Å². The van der Waals surface area contributed by atoms with Gasteiger partial charge in [-0.25, -0.2) is 9.80 Å². The van der Waals surface area contributed by atoms with E-state index in [1.54, 1.807) is 24.5 Å². The topological polar surface area (TPSA) is 74.7 Å². The van der Waals surface area contributed by atoms with Gasteiger partial charge in [-0.05, 0) is 17.7 Å². The average Bonchev–Trinajstić information content (AvgIpc) is 2.56. The van der Waals surface area contributed by atoms with Crippen molar-refractivity contribution in [1.29, 1.82) is 0 Å². The zero-order valence-electron chi connectivity index (χ0n) is 8.16. The molecule has 7 heteroatoms. The molecule has 0 aliphatic carbocycles. The molecule has 0 saturated carbocycles. The van der Waals surface area contributed by atoms with Gasteiger partial charge in [0.25, 0.3) is 0 Å². The summed E-state index contributed by atoms with van der Waals surface area (Å²) in [6, 6.07) is 3.00. The third-order valence-electron chi connectivity index (χ3n) is 1.83. The number of halogens is 1. The van der Waals surface area contributed by atoms with Crippen molar-refractivity contribution in [2.75, 3.05) is 6.54 Å². The lowest BCUT2D eigenvalue weighted by molar-refractivity contribution is -0.118. The fraction of sp³-hybridized carbons (Fsp3) is 0.111. The van der Waals surface area contributed by atoms with Gasteiger partial charge in [-0.15, -0.1) is 12.4 Å². The maximum absolute atomic E-state index is 11.1. The summed E-state index contributed by atoms with van der Waals surface area (Å²) in [5.41, 5.74) is 0.817. The highest BCUT2D eigenvalue weighted by molar-refractivity contribution is 6.02. The first kappa shape index (κ1) is 12.1. The molecule has 1 fully saturated rings. The Balaban J connectivity index is 0.00000128. The van der Waals surface area contributed by atoms with Gasteiger partial charge in [-0.3, -0.25) is 15.1 Å². The van der Waals surface area contributed by atoms with Crippen molar-refractivity contribution in [2.24, 2.45) is 5.10 Å². The van der Waals surface area contributed by atoms with Crippen LogP contribution in [-0.4, -0.2) is 34.7 Å². The van der Waals surface area contributed by atoms with Crippen molar-refractivity contribution in [2.45, 2.75) is 0 Å². The first-order valence-electron chi connectivity index (χ1n) is 4.31. The smallest absolute Gasteiger partial charge is 0.275 e.